The maximum Gasteiger partial charge on any atom is 0.267 e. The Bertz CT molecular complexity index is 5580. The molecule has 2 atom stereocenters. The number of amides is 8. The number of pyridine rings is 4. The van der Waals surface area contributed by atoms with Gasteiger partial charge in [-0.1, -0.05) is 60.7 Å². The van der Waals surface area contributed by atoms with Crippen LogP contribution < -0.4 is 22.9 Å². The lowest BCUT2D eigenvalue weighted by molar-refractivity contribution is -0.140. The Morgan fingerprint density at radius 3 is 1.09 bits per heavy atom. The van der Waals surface area contributed by atoms with Crippen LogP contribution >= 0.6 is 0 Å². The predicted octanol–water partition coefficient (Wildman–Crippen LogP) is 10.0. The van der Waals surface area contributed by atoms with Gasteiger partial charge in [-0.25, -0.2) is 46.3 Å². The maximum atomic E-state index is 15.4. The first-order valence-corrected chi connectivity index (χ1v) is 36.1. The molecule has 8 N–H and O–H groups in total. The molecule has 6 aromatic carbocycles. The lowest BCUT2D eigenvalue weighted by Crippen LogP contribution is -2.40. The number of carbonyl (C=O) groups excluding carboxylic acids is 8. The van der Waals surface area contributed by atoms with E-state index in [0.29, 0.717) is 92.4 Å². The SMILES string of the molecule is C[C@@H]1CN(Cc2ccc3c(-c4cnn(C)c4)cc(C(N)=O)nc3c2F)CCO1.C[C@H]1CN(Cc2ccc3c(-c4cnn(C)c4)cc(C(N)=O)nc3c2F)CCO1.NC(=O)c1cc(-c2ccc(F)cc2)c2cc(F)c(CN3C(=O)CCC3=O)cc2n1.NC(=O)c1cc(-c2ccc(F)cc2)c2ccc(CN3C(=O)CCC3=O)c(F)c2n1. The van der Waals surface area contributed by atoms with Crippen LogP contribution in [0.25, 0.3) is 88.1 Å². The van der Waals surface area contributed by atoms with E-state index < -0.39 is 58.5 Å². The van der Waals surface area contributed by atoms with Gasteiger partial charge in [-0.3, -0.25) is 67.3 Å². The van der Waals surface area contributed by atoms with Gasteiger partial charge in [-0.15, -0.1) is 0 Å². The van der Waals surface area contributed by atoms with Crippen molar-refractivity contribution < 1.29 is 74.2 Å². The number of hydrogen-bond acceptors (Lipinski definition) is 18. The first-order valence-electron chi connectivity index (χ1n) is 36.1. The molecule has 0 saturated carbocycles. The third kappa shape index (κ3) is 17.3. The number of rotatable bonds is 16. The molecule has 8 amide bonds. The zero-order valence-corrected chi connectivity index (χ0v) is 61.9. The highest BCUT2D eigenvalue weighted by atomic mass is 19.1. The van der Waals surface area contributed by atoms with Gasteiger partial charge >= 0.3 is 0 Å². The normalized spacial score (nSPS) is 15.9. The molecule has 26 nitrogen and oxygen atoms in total. The summed E-state index contributed by atoms with van der Waals surface area (Å²) in [5.41, 5.74) is 28.1. The van der Waals surface area contributed by atoms with Gasteiger partial charge < -0.3 is 32.4 Å². The molecule has 4 aliphatic heterocycles. The number of likely N-dealkylation sites (tertiary alicyclic amines) is 2. The lowest BCUT2D eigenvalue weighted by Gasteiger charge is -2.31. The van der Waals surface area contributed by atoms with Crippen molar-refractivity contribution in [2.24, 2.45) is 37.0 Å². The fourth-order valence-corrected chi connectivity index (χ4v) is 14.0. The second-order valence-electron chi connectivity index (χ2n) is 27.8. The Balaban J connectivity index is 0.000000133. The van der Waals surface area contributed by atoms with Gasteiger partial charge in [0.15, 0.2) is 17.5 Å². The van der Waals surface area contributed by atoms with Gasteiger partial charge in [0.1, 0.15) is 56.8 Å². The van der Waals surface area contributed by atoms with Gasteiger partial charge in [0, 0.05) is 146 Å². The Morgan fingerprint density at radius 2 is 0.746 bits per heavy atom. The van der Waals surface area contributed by atoms with Gasteiger partial charge in [0.05, 0.1) is 56.4 Å². The number of carbonyl (C=O) groups is 8. The third-order valence-corrected chi connectivity index (χ3v) is 19.7. The minimum atomic E-state index is -0.843. The smallest absolute Gasteiger partial charge is 0.267 e. The summed E-state index contributed by atoms with van der Waals surface area (Å²) in [7, 11) is 3.59. The Morgan fingerprint density at radius 1 is 0.412 bits per heavy atom. The molecule has 12 aromatic rings. The van der Waals surface area contributed by atoms with E-state index in [9.17, 15) is 51.5 Å². The summed E-state index contributed by atoms with van der Waals surface area (Å²) in [6, 6.07) is 30.0. The number of imide groups is 2. The number of ether oxygens (including phenoxy) is 2. The molecule has 4 saturated heterocycles. The monoisotopic (exact) mass is 1560 g/mol. The quantitative estimate of drug-likeness (QED) is 0.0516. The highest BCUT2D eigenvalue weighted by molar-refractivity contribution is 6.06. The Hall–Kier alpha value is -13.0. The average molecular weight is 1560 g/mol. The van der Waals surface area contributed by atoms with Gasteiger partial charge in [0.2, 0.25) is 23.6 Å². The topological polar surface area (TPSA) is 359 Å². The molecule has 584 valence electrons. The fraction of sp³-hybridized carbons (Fsp3) is 0.244. The summed E-state index contributed by atoms with van der Waals surface area (Å²) in [6.07, 6.45) is 7.60. The van der Waals surface area contributed by atoms with E-state index in [4.69, 9.17) is 32.4 Å². The number of aromatic nitrogens is 8. The summed E-state index contributed by atoms with van der Waals surface area (Å²) < 4.78 is 102. The largest absolute Gasteiger partial charge is 0.376 e. The number of aryl methyl sites for hydroxylation is 2. The zero-order chi connectivity index (χ0) is 81.1. The summed E-state index contributed by atoms with van der Waals surface area (Å²) in [5, 5.41) is 10.4. The lowest BCUT2D eigenvalue weighted by atomic mass is 9.98. The van der Waals surface area contributed by atoms with Crippen molar-refractivity contribution in [3.05, 3.63) is 226 Å². The summed E-state index contributed by atoms with van der Waals surface area (Å²) in [5.74, 6) is -7.54. The maximum absolute atomic E-state index is 15.4. The van der Waals surface area contributed by atoms with Crippen molar-refractivity contribution in [3.8, 4) is 44.5 Å². The molecule has 6 aromatic heterocycles. The van der Waals surface area contributed by atoms with E-state index in [0.717, 1.165) is 47.1 Å². The third-order valence-electron chi connectivity index (χ3n) is 19.7. The average Bonchev–Trinajstić information content (AvgIpc) is 0.992. The summed E-state index contributed by atoms with van der Waals surface area (Å²) >= 11 is 0. The summed E-state index contributed by atoms with van der Waals surface area (Å²) in [4.78, 5) is 117. The van der Waals surface area contributed by atoms with E-state index >= 15 is 13.2 Å². The first kappa shape index (κ1) is 79.1. The molecule has 114 heavy (non-hydrogen) atoms. The number of morpholine rings is 2. The van der Waals surface area contributed by atoms with E-state index in [1.807, 2.05) is 26.0 Å². The molecule has 0 unspecified atom stereocenters. The number of hydrogen-bond donors (Lipinski definition) is 4. The van der Waals surface area contributed by atoms with E-state index in [1.165, 1.54) is 78.9 Å². The standard InChI is InChI=1S/2C21H15F2N3O3.2C20H22FN5O2/c22-13-4-1-11(2-5-13)15-9-16(21(24)29)25-20-14(15)6-3-12(19(20)23)10-26-17(27)7-8-18(26)28;22-13-3-1-11(2-4-13)14-9-18(21(24)29)25-17-7-12(16(23)8-15(14)17)10-26-19(27)5-6-20(26)28;2*1-12-9-26(5-6-28-12)11-13-3-4-15-16(14-8-23-25(2)10-14)7-17(20(22)27)24-19(15)18(13)21/h1-6,9H,7-8,10H2,(H2,24,29);1-4,7-9H,5-6,10H2,(H2,24,29);2*3-4,7-8,10,12H,5-6,9,11H2,1-2H3,(H2,22,27)/t;;2*12-/m..10/s1. The van der Waals surface area contributed by atoms with Crippen LogP contribution in [0.2, 0.25) is 0 Å². The van der Waals surface area contributed by atoms with Crippen molar-refractivity contribution in [2.75, 3.05) is 39.4 Å². The Kier molecular flexibility index (Phi) is 23.2. The second-order valence-corrected chi connectivity index (χ2v) is 27.8. The van der Waals surface area contributed by atoms with Crippen LogP contribution in [-0.2, 0) is 68.9 Å². The van der Waals surface area contributed by atoms with Crippen molar-refractivity contribution in [3.63, 3.8) is 0 Å². The minimum absolute atomic E-state index is 0.0300. The van der Waals surface area contributed by atoms with Gasteiger partial charge in [0.25, 0.3) is 23.6 Å². The van der Waals surface area contributed by atoms with Crippen molar-refractivity contribution >= 4 is 90.9 Å². The van der Waals surface area contributed by atoms with E-state index in [-0.39, 0.29) is 131 Å². The van der Waals surface area contributed by atoms with Crippen LogP contribution in [0.15, 0.2) is 146 Å². The molecule has 0 radical (unpaired) electrons. The number of benzene rings is 6. The molecule has 10 heterocycles. The molecule has 32 heteroatoms. The molecular formula is C82H74F6N16O10. The highest BCUT2D eigenvalue weighted by Gasteiger charge is 2.33. The number of halogens is 6. The Labute approximate surface area is 646 Å². The zero-order valence-electron chi connectivity index (χ0n) is 61.9. The number of primary amides is 4. The molecular weight excluding hydrogens is 1480 g/mol. The molecule has 0 spiro atoms. The molecule has 4 aliphatic rings. The van der Waals surface area contributed by atoms with Crippen LogP contribution in [0, 0.1) is 34.9 Å². The van der Waals surface area contributed by atoms with Crippen LogP contribution in [0.5, 0.6) is 0 Å². The molecule has 0 aliphatic carbocycles. The predicted molar refractivity (Wildman–Crippen MR) is 407 cm³/mol. The van der Waals surface area contributed by atoms with E-state index in [1.54, 1.807) is 78.6 Å². The van der Waals surface area contributed by atoms with Crippen LogP contribution in [-0.4, -0.2) is 158 Å². The number of fused-ring (bicyclic) bond motifs is 4. The van der Waals surface area contributed by atoms with Crippen LogP contribution in [0.1, 0.15) is 104 Å². The van der Waals surface area contributed by atoms with Crippen LogP contribution in [0.4, 0.5) is 26.3 Å². The summed E-state index contributed by atoms with van der Waals surface area (Å²) in [6.45, 7) is 8.74. The number of nitrogens with two attached hydrogens (primary N) is 4. The molecule has 16 rings (SSSR count). The van der Waals surface area contributed by atoms with Crippen molar-refractivity contribution in [2.45, 2.75) is 77.9 Å². The van der Waals surface area contributed by atoms with Crippen LogP contribution in [0.3, 0.4) is 0 Å². The van der Waals surface area contributed by atoms with Gasteiger partial charge in [-0.2, -0.15) is 10.2 Å². The molecule has 4 fully saturated rings. The minimum Gasteiger partial charge on any atom is -0.376 e. The van der Waals surface area contributed by atoms with E-state index in [2.05, 4.69) is 39.9 Å². The highest BCUT2D eigenvalue weighted by Crippen LogP contribution is 2.37. The molecule has 0 bridgehead atoms. The fourth-order valence-electron chi connectivity index (χ4n) is 14.0. The van der Waals surface area contributed by atoms with Crippen molar-refractivity contribution in [1.82, 2.24) is 59.1 Å². The second kappa shape index (κ2) is 33.5. The van der Waals surface area contributed by atoms with Gasteiger partial charge in [-0.05, 0) is 108 Å². The first-order chi connectivity index (χ1) is 54.5. The van der Waals surface area contributed by atoms with Crippen molar-refractivity contribution in [1.29, 1.82) is 0 Å². The number of nitrogens with zero attached hydrogens (tertiary/aromatic N) is 12.